The summed E-state index contributed by atoms with van der Waals surface area (Å²) in [7, 11) is 1.78. The number of methoxy groups -OCH3 is 1. The Hall–Kier alpha value is -1.22. The van der Waals surface area contributed by atoms with Crippen LogP contribution in [0, 0.1) is 6.92 Å². The highest BCUT2D eigenvalue weighted by Crippen LogP contribution is 2.35. The zero-order valence-electron chi connectivity index (χ0n) is 12.9. The Labute approximate surface area is 122 Å². The fourth-order valence-electron chi connectivity index (χ4n) is 3.76. The Bertz CT molecular complexity index is 474. The van der Waals surface area contributed by atoms with Gasteiger partial charge in [0.05, 0.1) is 12.8 Å². The number of hydrogen-bond acceptors (Lipinski definition) is 3. The van der Waals surface area contributed by atoms with Gasteiger partial charge in [-0.1, -0.05) is 13.0 Å². The Morgan fingerprint density at radius 1 is 1.30 bits per heavy atom. The summed E-state index contributed by atoms with van der Waals surface area (Å²) in [5, 5.41) is 0. The van der Waals surface area contributed by atoms with Gasteiger partial charge in [0.15, 0.2) is 0 Å². The van der Waals surface area contributed by atoms with Crippen LogP contribution in [-0.2, 0) is 0 Å². The number of aryl methyl sites for hydroxylation is 1. The topological polar surface area (TPSA) is 15.7 Å². The Morgan fingerprint density at radius 3 is 2.90 bits per heavy atom. The summed E-state index contributed by atoms with van der Waals surface area (Å²) in [5.41, 5.74) is 2.59. The third-order valence-corrected chi connectivity index (χ3v) is 4.91. The maximum Gasteiger partial charge on any atom is 0.142 e. The summed E-state index contributed by atoms with van der Waals surface area (Å²) in [6, 6.07) is 7.88. The van der Waals surface area contributed by atoms with Crippen LogP contribution in [0.25, 0.3) is 0 Å². The standard InChI is InChI=1S/C17H26N2O/c1-4-14-11-18-9-5-6-15(18)12-19(14)16-10-13(2)7-8-17(16)20-3/h7-8,10,14-15H,4-6,9,11-12H2,1-3H3. The van der Waals surface area contributed by atoms with Crippen LogP contribution in [0.5, 0.6) is 5.75 Å². The molecule has 2 aliphatic heterocycles. The van der Waals surface area contributed by atoms with Gasteiger partial charge in [0.25, 0.3) is 0 Å². The molecule has 2 heterocycles. The molecular formula is C17H26N2O. The lowest BCUT2D eigenvalue weighted by atomic mass is 10.0. The molecule has 2 fully saturated rings. The van der Waals surface area contributed by atoms with Crippen molar-refractivity contribution < 1.29 is 4.74 Å². The molecule has 20 heavy (non-hydrogen) atoms. The summed E-state index contributed by atoms with van der Waals surface area (Å²) >= 11 is 0. The van der Waals surface area contributed by atoms with Crippen molar-refractivity contribution >= 4 is 5.69 Å². The Balaban J connectivity index is 1.92. The molecule has 1 aromatic carbocycles. The van der Waals surface area contributed by atoms with Gasteiger partial charge < -0.3 is 9.64 Å². The maximum atomic E-state index is 5.60. The van der Waals surface area contributed by atoms with Crippen LogP contribution < -0.4 is 9.64 Å². The van der Waals surface area contributed by atoms with Gasteiger partial charge in [0.2, 0.25) is 0 Å². The number of anilines is 1. The minimum Gasteiger partial charge on any atom is -0.495 e. The van der Waals surface area contributed by atoms with Gasteiger partial charge >= 0.3 is 0 Å². The average molecular weight is 274 g/mol. The van der Waals surface area contributed by atoms with E-state index in [1.807, 2.05) is 0 Å². The average Bonchev–Trinajstić information content (AvgIpc) is 2.93. The third kappa shape index (κ3) is 2.39. The minimum absolute atomic E-state index is 0.611. The van der Waals surface area contributed by atoms with E-state index in [4.69, 9.17) is 4.74 Å². The van der Waals surface area contributed by atoms with Gasteiger partial charge in [-0.2, -0.15) is 0 Å². The van der Waals surface area contributed by atoms with Crippen LogP contribution in [0.2, 0.25) is 0 Å². The van der Waals surface area contributed by atoms with Gasteiger partial charge in [-0.3, -0.25) is 4.90 Å². The van der Waals surface area contributed by atoms with Gasteiger partial charge in [-0.25, -0.2) is 0 Å². The lowest BCUT2D eigenvalue weighted by Gasteiger charge is -2.45. The smallest absolute Gasteiger partial charge is 0.142 e. The van der Waals surface area contributed by atoms with E-state index in [-0.39, 0.29) is 0 Å². The molecule has 0 saturated carbocycles. The quantitative estimate of drug-likeness (QED) is 0.842. The second kappa shape index (κ2) is 5.65. The van der Waals surface area contributed by atoms with E-state index < -0.39 is 0 Å². The highest BCUT2D eigenvalue weighted by atomic mass is 16.5. The zero-order valence-corrected chi connectivity index (χ0v) is 12.9. The van der Waals surface area contributed by atoms with Crippen LogP contribution in [0.15, 0.2) is 18.2 Å². The molecule has 3 rings (SSSR count). The van der Waals surface area contributed by atoms with E-state index in [2.05, 4.69) is 41.8 Å². The molecule has 0 radical (unpaired) electrons. The molecule has 2 aliphatic rings. The first-order valence-corrected chi connectivity index (χ1v) is 7.88. The van der Waals surface area contributed by atoms with Crippen LogP contribution in [0.3, 0.4) is 0 Å². The zero-order chi connectivity index (χ0) is 14.1. The molecule has 110 valence electrons. The van der Waals surface area contributed by atoms with E-state index in [0.717, 1.165) is 18.3 Å². The first-order chi connectivity index (χ1) is 9.72. The summed E-state index contributed by atoms with van der Waals surface area (Å²) in [4.78, 5) is 5.28. The van der Waals surface area contributed by atoms with Crippen molar-refractivity contribution in [1.82, 2.24) is 4.90 Å². The summed E-state index contributed by atoms with van der Waals surface area (Å²) < 4.78 is 5.60. The van der Waals surface area contributed by atoms with Crippen LogP contribution in [-0.4, -0.2) is 43.7 Å². The Kier molecular flexibility index (Phi) is 3.88. The van der Waals surface area contributed by atoms with Gasteiger partial charge in [0.1, 0.15) is 5.75 Å². The molecule has 0 amide bonds. The molecule has 1 aromatic rings. The molecule has 0 N–H and O–H groups in total. The minimum atomic E-state index is 0.611. The normalized spacial score (nSPS) is 26.6. The monoisotopic (exact) mass is 274 g/mol. The van der Waals surface area contributed by atoms with E-state index in [1.54, 1.807) is 7.11 Å². The number of piperazine rings is 1. The van der Waals surface area contributed by atoms with E-state index in [9.17, 15) is 0 Å². The Morgan fingerprint density at radius 2 is 2.15 bits per heavy atom. The number of fused-ring (bicyclic) bond motifs is 1. The molecule has 0 aromatic heterocycles. The number of nitrogens with zero attached hydrogens (tertiary/aromatic N) is 2. The van der Waals surface area contributed by atoms with E-state index in [0.29, 0.717) is 6.04 Å². The highest BCUT2D eigenvalue weighted by molar-refractivity contribution is 5.61. The molecule has 0 bridgehead atoms. The summed E-state index contributed by atoms with van der Waals surface area (Å²) in [6.07, 6.45) is 3.90. The van der Waals surface area contributed by atoms with E-state index in [1.165, 1.54) is 43.6 Å². The van der Waals surface area contributed by atoms with Crippen molar-refractivity contribution in [1.29, 1.82) is 0 Å². The van der Waals surface area contributed by atoms with Crippen LogP contribution in [0.1, 0.15) is 31.7 Å². The maximum absolute atomic E-state index is 5.60. The highest BCUT2D eigenvalue weighted by Gasteiger charge is 2.36. The van der Waals surface area contributed by atoms with Crippen molar-refractivity contribution in [3.05, 3.63) is 23.8 Å². The molecule has 2 unspecified atom stereocenters. The van der Waals surface area contributed by atoms with E-state index >= 15 is 0 Å². The molecular weight excluding hydrogens is 248 g/mol. The second-order valence-electron chi connectivity index (χ2n) is 6.18. The lowest BCUT2D eigenvalue weighted by Crippen LogP contribution is -2.56. The predicted molar refractivity (Wildman–Crippen MR) is 83.8 cm³/mol. The second-order valence-corrected chi connectivity index (χ2v) is 6.18. The summed E-state index contributed by atoms with van der Waals surface area (Å²) in [5.74, 6) is 1.01. The predicted octanol–water partition coefficient (Wildman–Crippen LogP) is 3.07. The molecule has 0 aliphatic carbocycles. The largest absolute Gasteiger partial charge is 0.495 e. The number of rotatable bonds is 3. The molecule has 2 saturated heterocycles. The molecule has 3 heteroatoms. The first-order valence-electron chi connectivity index (χ1n) is 7.88. The lowest BCUT2D eigenvalue weighted by molar-refractivity contribution is 0.194. The first kappa shape index (κ1) is 13.7. The fourth-order valence-corrected chi connectivity index (χ4v) is 3.76. The van der Waals surface area contributed by atoms with Crippen LogP contribution >= 0.6 is 0 Å². The molecule has 0 spiro atoms. The van der Waals surface area contributed by atoms with Crippen molar-refractivity contribution in [3.63, 3.8) is 0 Å². The molecule has 3 nitrogen and oxygen atoms in total. The van der Waals surface area contributed by atoms with Crippen molar-refractivity contribution in [2.24, 2.45) is 0 Å². The van der Waals surface area contributed by atoms with Crippen LogP contribution in [0.4, 0.5) is 5.69 Å². The molecule has 2 atom stereocenters. The van der Waals surface area contributed by atoms with Crippen molar-refractivity contribution in [2.45, 2.75) is 45.2 Å². The number of benzene rings is 1. The third-order valence-electron chi connectivity index (χ3n) is 4.91. The van der Waals surface area contributed by atoms with Gasteiger partial charge in [0, 0.05) is 25.2 Å². The van der Waals surface area contributed by atoms with Gasteiger partial charge in [-0.15, -0.1) is 0 Å². The van der Waals surface area contributed by atoms with Gasteiger partial charge in [-0.05, 0) is 50.4 Å². The fraction of sp³-hybridized carbons (Fsp3) is 0.647. The number of ether oxygens (including phenoxy) is 1. The number of hydrogen-bond donors (Lipinski definition) is 0. The van der Waals surface area contributed by atoms with Crippen molar-refractivity contribution in [3.8, 4) is 5.75 Å². The van der Waals surface area contributed by atoms with Crippen molar-refractivity contribution in [2.75, 3.05) is 31.6 Å². The summed E-state index contributed by atoms with van der Waals surface area (Å²) in [6.45, 7) is 8.11. The SMILES string of the molecule is CCC1CN2CCCC2CN1c1cc(C)ccc1OC.